The molecule has 2 aromatic carbocycles. The van der Waals surface area contributed by atoms with Crippen molar-refractivity contribution >= 4 is 11.9 Å². The molecule has 0 saturated carbocycles. The molecule has 0 aliphatic heterocycles. The molecular formula is C34H43NO5. The first-order chi connectivity index (χ1) is 18.8. The average molecular weight is 546 g/mol. The second kappa shape index (κ2) is 13.1. The predicted octanol–water partition coefficient (Wildman–Crippen LogP) is 7.14. The topological polar surface area (TPSA) is 74.6 Å². The van der Waals surface area contributed by atoms with Gasteiger partial charge in [-0.1, -0.05) is 61.9 Å². The fourth-order valence-electron chi connectivity index (χ4n) is 4.45. The van der Waals surface area contributed by atoms with Crippen LogP contribution in [0.5, 0.6) is 0 Å². The molecule has 0 fully saturated rings. The molecule has 3 aromatic rings. The van der Waals surface area contributed by atoms with E-state index in [4.69, 9.17) is 9.47 Å². The molecule has 6 heteroatoms. The van der Waals surface area contributed by atoms with E-state index in [-0.39, 0.29) is 23.9 Å². The predicted molar refractivity (Wildman–Crippen MR) is 160 cm³/mol. The maximum absolute atomic E-state index is 13.5. The van der Waals surface area contributed by atoms with Crippen molar-refractivity contribution < 1.29 is 19.1 Å². The SMILES string of the molecule is CCCCc1ccc(CCC(=O)OC(C)(C)C)c(=O)n1Cc1ccc(-c2ccccc2C(=O)OC(C)(C)C)cc1. The summed E-state index contributed by atoms with van der Waals surface area (Å²) in [7, 11) is 0. The van der Waals surface area contributed by atoms with E-state index in [2.05, 4.69) is 6.92 Å². The highest BCUT2D eigenvalue weighted by molar-refractivity contribution is 5.97. The van der Waals surface area contributed by atoms with Crippen LogP contribution in [-0.2, 0) is 33.7 Å². The van der Waals surface area contributed by atoms with Gasteiger partial charge in [-0.2, -0.15) is 0 Å². The van der Waals surface area contributed by atoms with Crippen molar-refractivity contribution in [3.05, 3.63) is 93.4 Å². The molecule has 0 bridgehead atoms. The van der Waals surface area contributed by atoms with Crippen molar-refractivity contribution in [3.8, 4) is 11.1 Å². The number of nitrogens with zero attached hydrogens (tertiary/aromatic N) is 1. The molecule has 40 heavy (non-hydrogen) atoms. The Morgan fingerprint density at radius 2 is 1.45 bits per heavy atom. The number of rotatable bonds is 10. The van der Waals surface area contributed by atoms with Gasteiger partial charge in [0.1, 0.15) is 11.2 Å². The van der Waals surface area contributed by atoms with E-state index in [1.807, 2.05) is 101 Å². The molecule has 3 rings (SSSR count). The molecule has 0 spiro atoms. The summed E-state index contributed by atoms with van der Waals surface area (Å²) in [6.07, 6.45) is 3.31. The maximum atomic E-state index is 13.5. The van der Waals surface area contributed by atoms with Crippen LogP contribution >= 0.6 is 0 Å². The minimum absolute atomic E-state index is 0.0727. The first-order valence-electron chi connectivity index (χ1n) is 14.1. The monoisotopic (exact) mass is 545 g/mol. The molecule has 0 aliphatic rings. The molecule has 6 nitrogen and oxygen atoms in total. The molecule has 0 radical (unpaired) electrons. The molecule has 0 unspecified atom stereocenters. The lowest BCUT2D eigenvalue weighted by Crippen LogP contribution is -2.28. The second-order valence-electron chi connectivity index (χ2n) is 12.2. The first kappa shape index (κ1) is 30.9. The molecule has 0 N–H and O–H groups in total. The normalized spacial score (nSPS) is 11.8. The zero-order valence-corrected chi connectivity index (χ0v) is 25.0. The smallest absolute Gasteiger partial charge is 0.339 e. The lowest BCUT2D eigenvalue weighted by Gasteiger charge is -2.20. The van der Waals surface area contributed by atoms with Crippen molar-refractivity contribution in [3.63, 3.8) is 0 Å². The van der Waals surface area contributed by atoms with Gasteiger partial charge in [0.15, 0.2) is 0 Å². The average Bonchev–Trinajstić information content (AvgIpc) is 2.87. The molecule has 0 amide bonds. The minimum atomic E-state index is -0.585. The Morgan fingerprint density at radius 1 is 0.800 bits per heavy atom. The van der Waals surface area contributed by atoms with Crippen LogP contribution in [0.3, 0.4) is 0 Å². The molecule has 1 aromatic heterocycles. The van der Waals surface area contributed by atoms with E-state index in [1.165, 1.54) is 0 Å². The van der Waals surface area contributed by atoms with Crippen molar-refractivity contribution in [1.29, 1.82) is 0 Å². The van der Waals surface area contributed by atoms with Crippen LogP contribution in [0.2, 0.25) is 0 Å². The Labute approximate surface area is 238 Å². The van der Waals surface area contributed by atoms with E-state index in [1.54, 1.807) is 6.07 Å². The Hall–Kier alpha value is -3.67. The number of esters is 2. The van der Waals surface area contributed by atoms with Gasteiger partial charge < -0.3 is 14.0 Å². The van der Waals surface area contributed by atoms with Crippen molar-refractivity contribution in [2.45, 2.75) is 98.3 Å². The highest BCUT2D eigenvalue weighted by atomic mass is 16.6. The van der Waals surface area contributed by atoms with Gasteiger partial charge in [0.2, 0.25) is 0 Å². The van der Waals surface area contributed by atoms with Gasteiger partial charge in [-0.15, -0.1) is 0 Å². The molecule has 0 saturated heterocycles. The van der Waals surface area contributed by atoms with Crippen LogP contribution in [0.25, 0.3) is 11.1 Å². The number of aromatic nitrogens is 1. The number of unbranched alkanes of at least 4 members (excludes halogenated alkanes) is 1. The Morgan fingerprint density at radius 3 is 2.08 bits per heavy atom. The largest absolute Gasteiger partial charge is 0.460 e. The number of hydrogen-bond donors (Lipinski definition) is 0. The van der Waals surface area contributed by atoms with Crippen molar-refractivity contribution in [2.75, 3.05) is 0 Å². The zero-order chi connectivity index (χ0) is 29.5. The van der Waals surface area contributed by atoms with Crippen LogP contribution in [0.1, 0.15) is 94.9 Å². The molecule has 0 atom stereocenters. The molecule has 0 aliphatic carbocycles. The van der Waals surface area contributed by atoms with Gasteiger partial charge >= 0.3 is 11.9 Å². The lowest BCUT2D eigenvalue weighted by atomic mass is 9.98. The van der Waals surface area contributed by atoms with E-state index >= 15 is 0 Å². The number of pyridine rings is 1. The third-order valence-electron chi connectivity index (χ3n) is 6.30. The van der Waals surface area contributed by atoms with Crippen molar-refractivity contribution in [2.24, 2.45) is 0 Å². The number of benzene rings is 2. The van der Waals surface area contributed by atoms with Gasteiger partial charge in [0, 0.05) is 17.7 Å². The number of carbonyl (C=O) groups excluding carboxylic acids is 2. The van der Waals surface area contributed by atoms with Gasteiger partial charge in [-0.25, -0.2) is 4.79 Å². The molecule has 214 valence electrons. The number of hydrogen-bond acceptors (Lipinski definition) is 5. The third kappa shape index (κ3) is 8.94. The summed E-state index contributed by atoms with van der Waals surface area (Å²) in [5.41, 5.74) is 3.56. The Balaban J connectivity index is 1.86. The molecule has 1 heterocycles. The van der Waals surface area contributed by atoms with Crippen LogP contribution in [0.4, 0.5) is 0 Å². The minimum Gasteiger partial charge on any atom is -0.460 e. The number of ether oxygens (including phenoxy) is 2. The lowest BCUT2D eigenvalue weighted by molar-refractivity contribution is -0.154. The summed E-state index contributed by atoms with van der Waals surface area (Å²) in [5, 5.41) is 0. The second-order valence-corrected chi connectivity index (χ2v) is 12.2. The van der Waals surface area contributed by atoms with Crippen molar-refractivity contribution in [1.82, 2.24) is 4.57 Å². The summed E-state index contributed by atoms with van der Waals surface area (Å²) in [4.78, 5) is 38.6. The van der Waals surface area contributed by atoms with Gasteiger partial charge in [0.05, 0.1) is 12.1 Å². The van der Waals surface area contributed by atoms with Crippen LogP contribution in [0.15, 0.2) is 65.5 Å². The quantitative estimate of drug-likeness (QED) is 0.253. The number of aryl methyl sites for hydroxylation is 2. The van der Waals surface area contributed by atoms with Gasteiger partial charge in [0.25, 0.3) is 5.56 Å². The number of carbonyl (C=O) groups is 2. The van der Waals surface area contributed by atoms with E-state index in [0.717, 1.165) is 41.6 Å². The first-order valence-corrected chi connectivity index (χ1v) is 14.1. The Kier molecular flexibility index (Phi) is 10.1. The fourth-order valence-corrected chi connectivity index (χ4v) is 4.45. The summed E-state index contributed by atoms with van der Waals surface area (Å²) in [5.74, 6) is -0.668. The summed E-state index contributed by atoms with van der Waals surface area (Å²) >= 11 is 0. The van der Waals surface area contributed by atoms with E-state index in [9.17, 15) is 14.4 Å². The highest BCUT2D eigenvalue weighted by Crippen LogP contribution is 2.26. The standard InChI is InChI=1S/C34H43NO5/c1-8-9-12-27-21-19-26(20-22-30(36)39-33(2,3)4)31(37)35(27)23-24-15-17-25(18-16-24)28-13-10-11-14-29(28)32(38)40-34(5,6)7/h10-11,13-19,21H,8-9,12,20,22-23H2,1-7H3. The van der Waals surface area contributed by atoms with Crippen LogP contribution in [0, 0.1) is 0 Å². The van der Waals surface area contributed by atoms with E-state index in [0.29, 0.717) is 24.1 Å². The van der Waals surface area contributed by atoms with Gasteiger partial charge in [-0.3, -0.25) is 9.59 Å². The summed E-state index contributed by atoms with van der Waals surface area (Å²) in [6.45, 7) is 13.6. The van der Waals surface area contributed by atoms with E-state index < -0.39 is 11.2 Å². The van der Waals surface area contributed by atoms with Gasteiger partial charge in [-0.05, 0) is 89.6 Å². The zero-order valence-electron chi connectivity index (χ0n) is 25.0. The van der Waals surface area contributed by atoms with Crippen LogP contribution in [-0.4, -0.2) is 27.7 Å². The third-order valence-corrected chi connectivity index (χ3v) is 6.30. The Bertz CT molecular complexity index is 1370. The summed E-state index contributed by atoms with van der Waals surface area (Å²) in [6, 6.07) is 19.2. The maximum Gasteiger partial charge on any atom is 0.339 e. The van der Waals surface area contributed by atoms with Crippen LogP contribution < -0.4 is 5.56 Å². The molecular weight excluding hydrogens is 502 g/mol. The summed E-state index contributed by atoms with van der Waals surface area (Å²) < 4.78 is 12.9. The highest BCUT2D eigenvalue weighted by Gasteiger charge is 2.21. The fraction of sp³-hybridized carbons (Fsp3) is 0.441.